The molecule has 0 aliphatic carbocycles. The minimum atomic E-state index is 0.318. The van der Waals surface area contributed by atoms with E-state index in [0.717, 1.165) is 22.4 Å². The summed E-state index contributed by atoms with van der Waals surface area (Å²) < 4.78 is 5.83. The van der Waals surface area contributed by atoms with Gasteiger partial charge in [-0.25, -0.2) is 0 Å². The lowest BCUT2D eigenvalue weighted by atomic mass is 10.1. The van der Waals surface area contributed by atoms with Crippen molar-refractivity contribution in [2.75, 3.05) is 0 Å². The van der Waals surface area contributed by atoms with Gasteiger partial charge in [0, 0.05) is 10.6 Å². The highest BCUT2D eigenvalue weighted by atomic mass is 35.5. The van der Waals surface area contributed by atoms with Gasteiger partial charge in [0.2, 0.25) is 0 Å². The van der Waals surface area contributed by atoms with Gasteiger partial charge in [0.15, 0.2) is 0 Å². The van der Waals surface area contributed by atoms with E-state index in [1.807, 2.05) is 19.9 Å². The Morgan fingerprint density at radius 1 is 1.00 bits per heavy atom. The van der Waals surface area contributed by atoms with Gasteiger partial charge in [0.1, 0.15) is 12.4 Å². The molecule has 3 nitrogen and oxygen atoms in total. The van der Waals surface area contributed by atoms with E-state index in [4.69, 9.17) is 26.9 Å². The number of ether oxygens (including phenoxy) is 1. The third-order valence-corrected chi connectivity index (χ3v) is 3.50. The molecule has 0 aliphatic rings. The summed E-state index contributed by atoms with van der Waals surface area (Å²) in [4.78, 5) is 0. The fourth-order valence-corrected chi connectivity index (χ4v) is 2.36. The second kappa shape index (κ2) is 6.31. The summed E-state index contributed by atoms with van der Waals surface area (Å²) in [6.07, 6.45) is 0. The van der Waals surface area contributed by atoms with Crippen LogP contribution >= 0.6 is 11.6 Å². The van der Waals surface area contributed by atoms with Crippen LogP contribution in [-0.2, 0) is 6.61 Å². The van der Waals surface area contributed by atoms with Crippen molar-refractivity contribution in [1.82, 2.24) is 0 Å². The van der Waals surface area contributed by atoms with Gasteiger partial charge >= 0.3 is 0 Å². The maximum Gasteiger partial charge on any atom is 0.125 e. The van der Waals surface area contributed by atoms with E-state index >= 15 is 0 Å². The third kappa shape index (κ3) is 3.34. The van der Waals surface area contributed by atoms with Crippen molar-refractivity contribution < 1.29 is 4.74 Å². The van der Waals surface area contributed by atoms with Crippen LogP contribution in [0, 0.1) is 36.5 Å². The van der Waals surface area contributed by atoms with Crippen LogP contribution in [0.2, 0.25) is 5.02 Å². The van der Waals surface area contributed by atoms with Crippen LogP contribution in [0.3, 0.4) is 0 Å². The molecule has 0 amide bonds. The Bertz CT molecular complexity index is 746. The van der Waals surface area contributed by atoms with Gasteiger partial charge in [-0.15, -0.1) is 0 Å². The molecule has 0 unspecified atom stereocenters. The van der Waals surface area contributed by atoms with Crippen molar-refractivity contribution in [2.24, 2.45) is 0 Å². The van der Waals surface area contributed by atoms with Gasteiger partial charge in [-0.05, 0) is 49.2 Å². The largest absolute Gasteiger partial charge is 0.488 e. The van der Waals surface area contributed by atoms with Gasteiger partial charge in [-0.3, -0.25) is 0 Å². The topological polar surface area (TPSA) is 56.8 Å². The molecule has 0 fully saturated rings. The molecule has 104 valence electrons. The Labute approximate surface area is 129 Å². The summed E-state index contributed by atoms with van der Waals surface area (Å²) in [6, 6.07) is 12.9. The zero-order chi connectivity index (χ0) is 15.4. The van der Waals surface area contributed by atoms with Crippen molar-refractivity contribution in [2.45, 2.75) is 20.5 Å². The lowest BCUT2D eigenvalue weighted by molar-refractivity contribution is 0.302. The zero-order valence-corrected chi connectivity index (χ0v) is 12.5. The van der Waals surface area contributed by atoms with Crippen LogP contribution < -0.4 is 4.74 Å². The van der Waals surface area contributed by atoms with E-state index < -0.39 is 0 Å². The van der Waals surface area contributed by atoms with Crippen LogP contribution in [0.5, 0.6) is 5.75 Å². The van der Waals surface area contributed by atoms with Crippen LogP contribution in [0.25, 0.3) is 0 Å². The molecule has 0 heterocycles. The van der Waals surface area contributed by atoms with Crippen LogP contribution in [0.15, 0.2) is 30.3 Å². The summed E-state index contributed by atoms with van der Waals surface area (Å²) in [5.74, 6) is 0.759. The molecule has 0 radical (unpaired) electrons. The molecule has 0 saturated carbocycles. The molecule has 0 atom stereocenters. The van der Waals surface area contributed by atoms with Crippen molar-refractivity contribution in [3.8, 4) is 17.9 Å². The van der Waals surface area contributed by atoms with E-state index in [9.17, 15) is 0 Å². The molecule has 0 aliphatic heterocycles. The maximum absolute atomic E-state index is 8.94. The van der Waals surface area contributed by atoms with E-state index in [0.29, 0.717) is 22.8 Å². The molecule has 21 heavy (non-hydrogen) atoms. The van der Waals surface area contributed by atoms with Gasteiger partial charge in [-0.2, -0.15) is 10.5 Å². The fraction of sp³-hybridized carbons (Fsp3) is 0.176. The van der Waals surface area contributed by atoms with Crippen molar-refractivity contribution >= 4 is 11.6 Å². The average Bonchev–Trinajstić information content (AvgIpc) is 2.47. The Hall–Kier alpha value is -2.49. The zero-order valence-electron chi connectivity index (χ0n) is 11.8. The van der Waals surface area contributed by atoms with E-state index in [1.165, 1.54) is 0 Å². The fourth-order valence-electron chi connectivity index (χ4n) is 2.13. The molecule has 2 rings (SSSR count). The van der Waals surface area contributed by atoms with E-state index in [-0.39, 0.29) is 0 Å². The Morgan fingerprint density at radius 3 is 2.14 bits per heavy atom. The smallest absolute Gasteiger partial charge is 0.125 e. The first-order chi connectivity index (χ1) is 10.0. The first kappa shape index (κ1) is 14.9. The van der Waals surface area contributed by atoms with Gasteiger partial charge in [0.05, 0.1) is 23.3 Å². The highest BCUT2D eigenvalue weighted by molar-refractivity contribution is 6.31. The van der Waals surface area contributed by atoms with Crippen molar-refractivity contribution in [3.63, 3.8) is 0 Å². The number of nitriles is 2. The predicted octanol–water partition coefficient (Wildman–Crippen LogP) is 4.28. The molecule has 0 spiro atoms. The average molecular weight is 297 g/mol. The summed E-state index contributed by atoms with van der Waals surface area (Å²) in [7, 11) is 0. The normalized spacial score (nSPS) is 9.76. The lowest BCUT2D eigenvalue weighted by Gasteiger charge is -2.13. The maximum atomic E-state index is 8.94. The number of benzene rings is 2. The summed E-state index contributed by atoms with van der Waals surface area (Å²) in [5, 5.41) is 18.3. The third-order valence-electron chi connectivity index (χ3n) is 3.14. The van der Waals surface area contributed by atoms with Crippen LogP contribution in [0.1, 0.15) is 27.8 Å². The van der Waals surface area contributed by atoms with Gasteiger partial charge in [-0.1, -0.05) is 17.7 Å². The molecular formula is C17H13ClN2O. The second-order valence-corrected chi connectivity index (χ2v) is 5.16. The summed E-state index contributed by atoms with van der Waals surface area (Å²) >= 11 is 6.13. The molecule has 0 saturated heterocycles. The van der Waals surface area contributed by atoms with Crippen molar-refractivity contribution in [3.05, 3.63) is 63.2 Å². The van der Waals surface area contributed by atoms with Gasteiger partial charge in [0.25, 0.3) is 0 Å². The van der Waals surface area contributed by atoms with E-state index in [1.54, 1.807) is 30.3 Å². The number of nitrogens with zero attached hydrogens (tertiary/aromatic N) is 2. The standard InChI is InChI=1S/C17H13ClN2O/c1-11-5-14(9-20)6-12(2)17(11)21-10-15-4-3-13(8-19)7-16(15)18/h3-7H,10H2,1-2H3. The molecule has 0 bridgehead atoms. The lowest BCUT2D eigenvalue weighted by Crippen LogP contribution is -2.00. The molecule has 0 aromatic heterocycles. The van der Waals surface area contributed by atoms with Crippen LogP contribution in [-0.4, -0.2) is 0 Å². The Morgan fingerprint density at radius 2 is 1.62 bits per heavy atom. The first-order valence-electron chi connectivity index (χ1n) is 6.38. The number of rotatable bonds is 3. The predicted molar refractivity (Wildman–Crippen MR) is 81.1 cm³/mol. The monoisotopic (exact) mass is 296 g/mol. The van der Waals surface area contributed by atoms with E-state index in [2.05, 4.69) is 6.07 Å². The Kier molecular flexibility index (Phi) is 4.48. The number of hydrogen-bond donors (Lipinski definition) is 0. The highest BCUT2D eigenvalue weighted by Gasteiger charge is 2.08. The number of halogens is 1. The van der Waals surface area contributed by atoms with Crippen LogP contribution in [0.4, 0.5) is 0 Å². The highest BCUT2D eigenvalue weighted by Crippen LogP contribution is 2.27. The minimum Gasteiger partial charge on any atom is -0.488 e. The second-order valence-electron chi connectivity index (χ2n) is 4.76. The number of aryl methyl sites for hydroxylation is 2. The van der Waals surface area contributed by atoms with Gasteiger partial charge < -0.3 is 4.74 Å². The number of hydrogen-bond acceptors (Lipinski definition) is 3. The summed E-state index contributed by atoms with van der Waals surface area (Å²) in [5.41, 5.74) is 3.79. The minimum absolute atomic E-state index is 0.318. The quantitative estimate of drug-likeness (QED) is 0.849. The summed E-state index contributed by atoms with van der Waals surface area (Å²) in [6.45, 7) is 4.13. The first-order valence-corrected chi connectivity index (χ1v) is 6.75. The van der Waals surface area contributed by atoms with Crippen molar-refractivity contribution in [1.29, 1.82) is 10.5 Å². The molecular weight excluding hydrogens is 284 g/mol. The SMILES string of the molecule is Cc1cc(C#N)cc(C)c1OCc1ccc(C#N)cc1Cl. The molecule has 0 N–H and O–H groups in total. The molecule has 2 aromatic rings. The Balaban J connectivity index is 2.21. The molecule has 2 aromatic carbocycles. The molecule has 4 heteroatoms.